The molecule has 0 aliphatic carbocycles. The Kier molecular flexibility index (Phi) is 3.19. The van der Waals surface area contributed by atoms with Gasteiger partial charge in [-0.2, -0.15) is 0 Å². The van der Waals surface area contributed by atoms with Gasteiger partial charge in [0.1, 0.15) is 12.4 Å². The van der Waals surface area contributed by atoms with E-state index in [1.165, 1.54) is 6.92 Å². The van der Waals surface area contributed by atoms with Crippen LogP contribution in [0.4, 0.5) is 0 Å². The van der Waals surface area contributed by atoms with Crippen molar-refractivity contribution in [3.63, 3.8) is 0 Å². The molecule has 1 aliphatic heterocycles. The van der Waals surface area contributed by atoms with Gasteiger partial charge in [-0.05, 0) is 19.8 Å². The number of nitrogens with zero attached hydrogens (tertiary/aromatic N) is 3. The van der Waals surface area contributed by atoms with Crippen LogP contribution in [-0.4, -0.2) is 31.9 Å². The van der Waals surface area contributed by atoms with Crippen molar-refractivity contribution in [1.29, 1.82) is 0 Å². The molecular weight excluding hydrogens is 210 g/mol. The van der Waals surface area contributed by atoms with Crippen molar-refractivity contribution in [3.8, 4) is 0 Å². The van der Waals surface area contributed by atoms with Crippen molar-refractivity contribution < 1.29 is 14.6 Å². The van der Waals surface area contributed by atoms with Gasteiger partial charge in [-0.3, -0.25) is 0 Å². The number of ether oxygens (including phenoxy) is 1. The molecule has 2 rings (SSSR count). The Labute approximate surface area is 93.2 Å². The van der Waals surface area contributed by atoms with Gasteiger partial charge in [-0.25, -0.2) is 4.79 Å². The van der Waals surface area contributed by atoms with Crippen molar-refractivity contribution >= 4 is 5.97 Å². The SMILES string of the molecule is C[C@H](OCc1nnc2n1CCCC2)C(=O)O. The lowest BCUT2D eigenvalue weighted by molar-refractivity contribution is -0.150. The summed E-state index contributed by atoms with van der Waals surface area (Å²) in [7, 11) is 0. The number of carbonyl (C=O) groups is 1. The zero-order valence-electron chi connectivity index (χ0n) is 9.22. The van der Waals surface area contributed by atoms with Gasteiger partial charge >= 0.3 is 5.97 Å². The summed E-state index contributed by atoms with van der Waals surface area (Å²) in [6.07, 6.45) is 2.40. The topological polar surface area (TPSA) is 77.2 Å². The van der Waals surface area contributed by atoms with E-state index in [9.17, 15) is 4.79 Å². The van der Waals surface area contributed by atoms with E-state index in [4.69, 9.17) is 9.84 Å². The van der Waals surface area contributed by atoms with Gasteiger partial charge in [-0.15, -0.1) is 10.2 Å². The molecule has 0 saturated heterocycles. The van der Waals surface area contributed by atoms with Gasteiger partial charge in [0, 0.05) is 13.0 Å². The van der Waals surface area contributed by atoms with Crippen LogP contribution in [0.25, 0.3) is 0 Å². The van der Waals surface area contributed by atoms with E-state index in [1.54, 1.807) is 0 Å². The van der Waals surface area contributed by atoms with Gasteiger partial charge in [0.15, 0.2) is 11.9 Å². The van der Waals surface area contributed by atoms with Crippen LogP contribution in [0.15, 0.2) is 0 Å². The van der Waals surface area contributed by atoms with Crippen LogP contribution in [0, 0.1) is 0 Å². The second-order valence-corrected chi connectivity index (χ2v) is 3.93. The van der Waals surface area contributed by atoms with Crippen LogP contribution in [0.3, 0.4) is 0 Å². The fraction of sp³-hybridized carbons (Fsp3) is 0.700. The molecule has 0 radical (unpaired) electrons. The third kappa shape index (κ3) is 2.21. The van der Waals surface area contributed by atoms with E-state index in [0.29, 0.717) is 0 Å². The smallest absolute Gasteiger partial charge is 0.332 e. The number of hydrogen-bond acceptors (Lipinski definition) is 4. The second-order valence-electron chi connectivity index (χ2n) is 3.93. The van der Waals surface area contributed by atoms with Crippen molar-refractivity contribution in [2.45, 2.75) is 45.4 Å². The third-order valence-electron chi connectivity index (χ3n) is 2.75. The molecule has 1 aromatic rings. The molecule has 6 heteroatoms. The van der Waals surface area contributed by atoms with Gasteiger partial charge in [-0.1, -0.05) is 0 Å². The second kappa shape index (κ2) is 4.61. The van der Waals surface area contributed by atoms with Crippen LogP contribution in [0.1, 0.15) is 31.4 Å². The highest BCUT2D eigenvalue weighted by Gasteiger charge is 2.17. The van der Waals surface area contributed by atoms with Crippen LogP contribution in [0.2, 0.25) is 0 Å². The molecule has 0 spiro atoms. The lowest BCUT2D eigenvalue weighted by Gasteiger charge is -2.15. The number of rotatable bonds is 4. The monoisotopic (exact) mass is 225 g/mol. The summed E-state index contributed by atoms with van der Waals surface area (Å²) in [4.78, 5) is 10.6. The summed E-state index contributed by atoms with van der Waals surface area (Å²) >= 11 is 0. The Morgan fingerprint density at radius 2 is 2.38 bits per heavy atom. The molecule has 2 heterocycles. The zero-order valence-corrected chi connectivity index (χ0v) is 9.22. The number of hydrogen-bond donors (Lipinski definition) is 1. The number of carboxylic acids is 1. The van der Waals surface area contributed by atoms with Gasteiger partial charge < -0.3 is 14.4 Å². The third-order valence-corrected chi connectivity index (χ3v) is 2.75. The summed E-state index contributed by atoms with van der Waals surface area (Å²) in [6.45, 7) is 2.62. The van der Waals surface area contributed by atoms with Gasteiger partial charge in [0.25, 0.3) is 0 Å². The minimum Gasteiger partial charge on any atom is -0.479 e. The molecule has 0 aromatic carbocycles. The maximum atomic E-state index is 10.6. The maximum absolute atomic E-state index is 10.6. The molecule has 0 amide bonds. The molecule has 0 bridgehead atoms. The lowest BCUT2D eigenvalue weighted by atomic mass is 10.2. The summed E-state index contributed by atoms with van der Waals surface area (Å²) in [5, 5.41) is 16.8. The largest absolute Gasteiger partial charge is 0.479 e. The van der Waals surface area contributed by atoms with Crippen LogP contribution < -0.4 is 0 Å². The fourth-order valence-corrected chi connectivity index (χ4v) is 1.75. The molecule has 0 saturated carbocycles. The Morgan fingerprint density at radius 3 is 3.12 bits per heavy atom. The van der Waals surface area contributed by atoms with E-state index in [-0.39, 0.29) is 6.61 Å². The normalized spacial score (nSPS) is 16.8. The summed E-state index contributed by atoms with van der Waals surface area (Å²) in [6, 6.07) is 0. The quantitative estimate of drug-likeness (QED) is 0.812. The average Bonchev–Trinajstić information content (AvgIpc) is 2.69. The first-order valence-corrected chi connectivity index (χ1v) is 5.44. The van der Waals surface area contributed by atoms with E-state index in [0.717, 1.165) is 37.5 Å². The molecule has 1 aromatic heterocycles. The first kappa shape index (κ1) is 11.1. The molecule has 1 aliphatic rings. The molecule has 1 N–H and O–H groups in total. The lowest BCUT2D eigenvalue weighted by Crippen LogP contribution is -2.21. The number of fused-ring (bicyclic) bond motifs is 1. The highest BCUT2D eigenvalue weighted by Crippen LogP contribution is 2.14. The van der Waals surface area contributed by atoms with Crippen LogP contribution in [-0.2, 0) is 29.1 Å². The minimum absolute atomic E-state index is 0.209. The van der Waals surface area contributed by atoms with E-state index in [1.807, 2.05) is 4.57 Å². The summed E-state index contributed by atoms with van der Waals surface area (Å²) in [5.41, 5.74) is 0. The van der Waals surface area contributed by atoms with E-state index in [2.05, 4.69) is 10.2 Å². The van der Waals surface area contributed by atoms with Gasteiger partial charge in [0.2, 0.25) is 0 Å². The summed E-state index contributed by atoms with van der Waals surface area (Å²) in [5.74, 6) is 0.744. The molecule has 16 heavy (non-hydrogen) atoms. The zero-order chi connectivity index (χ0) is 11.5. The highest BCUT2D eigenvalue weighted by molar-refractivity contribution is 5.71. The Bertz CT molecular complexity index is 389. The number of carboxylic acid groups (broad SMARTS) is 1. The predicted octanol–water partition coefficient (Wildman–Crippen LogP) is 0.604. The molecule has 0 fully saturated rings. The van der Waals surface area contributed by atoms with E-state index >= 15 is 0 Å². The Morgan fingerprint density at radius 1 is 1.56 bits per heavy atom. The highest BCUT2D eigenvalue weighted by atomic mass is 16.5. The number of aryl methyl sites for hydroxylation is 1. The Balaban J connectivity index is 1.99. The molecular formula is C10H15N3O3. The van der Waals surface area contributed by atoms with Gasteiger partial charge in [0.05, 0.1) is 0 Å². The van der Waals surface area contributed by atoms with E-state index < -0.39 is 12.1 Å². The molecule has 0 unspecified atom stereocenters. The fourth-order valence-electron chi connectivity index (χ4n) is 1.75. The van der Waals surface area contributed by atoms with Crippen molar-refractivity contribution in [2.24, 2.45) is 0 Å². The number of aromatic nitrogens is 3. The number of aliphatic carboxylic acids is 1. The maximum Gasteiger partial charge on any atom is 0.332 e. The minimum atomic E-state index is -0.960. The average molecular weight is 225 g/mol. The Hall–Kier alpha value is -1.43. The molecule has 6 nitrogen and oxygen atoms in total. The van der Waals surface area contributed by atoms with Crippen LogP contribution in [0.5, 0.6) is 0 Å². The molecule has 1 atom stereocenters. The van der Waals surface area contributed by atoms with Crippen molar-refractivity contribution in [3.05, 3.63) is 11.6 Å². The van der Waals surface area contributed by atoms with Crippen molar-refractivity contribution in [2.75, 3.05) is 0 Å². The first-order valence-electron chi connectivity index (χ1n) is 5.44. The van der Waals surface area contributed by atoms with Crippen LogP contribution >= 0.6 is 0 Å². The van der Waals surface area contributed by atoms with Crippen molar-refractivity contribution in [1.82, 2.24) is 14.8 Å². The summed E-state index contributed by atoms with van der Waals surface area (Å²) < 4.78 is 7.22. The predicted molar refractivity (Wildman–Crippen MR) is 54.8 cm³/mol. The first-order chi connectivity index (χ1) is 7.68. The molecule has 88 valence electrons. The standard InChI is InChI=1S/C10H15N3O3/c1-7(10(14)15)16-6-9-12-11-8-4-2-3-5-13(8)9/h7H,2-6H2,1H3,(H,14,15)/t7-/m0/s1.